The van der Waals surface area contributed by atoms with Gasteiger partial charge < -0.3 is 9.73 Å². The number of nitrogens with one attached hydrogen (secondary N) is 1. The molecular formula is C20H21N3O4. The monoisotopic (exact) mass is 367 g/mol. The van der Waals surface area contributed by atoms with Gasteiger partial charge in [0.2, 0.25) is 5.91 Å². The summed E-state index contributed by atoms with van der Waals surface area (Å²) < 4.78 is 6.72. The Hall–Kier alpha value is -3.22. The summed E-state index contributed by atoms with van der Waals surface area (Å²) in [6.07, 6.45) is 0.0607. The number of carbonyl (C=O) groups excluding carboxylic acids is 1. The zero-order valence-corrected chi connectivity index (χ0v) is 15.5. The Labute approximate surface area is 155 Å². The predicted octanol–water partition coefficient (Wildman–Crippen LogP) is 1.63. The van der Waals surface area contributed by atoms with Gasteiger partial charge in [-0.3, -0.25) is 9.36 Å². The standard InChI is InChI=1S/C20H21N3O4/c1-12-4-5-16-15(11-19(25)27-17(16)8-12)10-18(24)21-6-7-23-14(3)9-13(2)22-20(23)26/h4-5,8-9,11H,6-7,10H2,1-3H3,(H,21,24). The molecule has 2 aromatic heterocycles. The van der Waals surface area contributed by atoms with Gasteiger partial charge in [0.1, 0.15) is 5.58 Å². The van der Waals surface area contributed by atoms with Crippen LogP contribution in [0.4, 0.5) is 0 Å². The molecule has 0 saturated heterocycles. The molecule has 3 rings (SSSR count). The zero-order valence-electron chi connectivity index (χ0n) is 15.5. The van der Waals surface area contributed by atoms with Crippen LogP contribution in [-0.4, -0.2) is 22.0 Å². The molecule has 1 amide bonds. The Bertz CT molecular complexity index is 1130. The molecule has 1 aromatic carbocycles. The van der Waals surface area contributed by atoms with Crippen LogP contribution in [0.3, 0.4) is 0 Å². The number of benzene rings is 1. The topological polar surface area (TPSA) is 94.2 Å². The van der Waals surface area contributed by atoms with Gasteiger partial charge in [-0.05, 0) is 44.0 Å². The highest BCUT2D eigenvalue weighted by Gasteiger charge is 2.11. The van der Waals surface area contributed by atoms with Gasteiger partial charge in [-0.25, -0.2) is 9.59 Å². The van der Waals surface area contributed by atoms with Crippen molar-refractivity contribution in [2.75, 3.05) is 6.54 Å². The zero-order chi connectivity index (χ0) is 19.6. The van der Waals surface area contributed by atoms with Crippen molar-refractivity contribution in [2.24, 2.45) is 0 Å². The maximum atomic E-state index is 12.3. The normalized spacial score (nSPS) is 10.9. The molecule has 1 N–H and O–H groups in total. The van der Waals surface area contributed by atoms with Crippen molar-refractivity contribution < 1.29 is 9.21 Å². The van der Waals surface area contributed by atoms with Gasteiger partial charge in [-0.2, -0.15) is 4.98 Å². The van der Waals surface area contributed by atoms with E-state index < -0.39 is 5.63 Å². The number of aryl methyl sites for hydroxylation is 3. The Balaban J connectivity index is 1.69. The van der Waals surface area contributed by atoms with Crippen molar-refractivity contribution in [2.45, 2.75) is 33.7 Å². The van der Waals surface area contributed by atoms with Crippen molar-refractivity contribution in [1.82, 2.24) is 14.9 Å². The number of aromatic nitrogens is 2. The number of hydrogen-bond donors (Lipinski definition) is 1. The first kappa shape index (κ1) is 18.6. The minimum atomic E-state index is -0.483. The molecule has 0 saturated carbocycles. The van der Waals surface area contributed by atoms with Crippen LogP contribution in [0.15, 0.2) is 44.3 Å². The molecule has 0 atom stereocenters. The number of amides is 1. The van der Waals surface area contributed by atoms with Crippen molar-refractivity contribution in [3.05, 3.63) is 73.8 Å². The van der Waals surface area contributed by atoms with E-state index in [0.717, 1.165) is 16.6 Å². The summed E-state index contributed by atoms with van der Waals surface area (Å²) in [6.45, 7) is 6.13. The smallest absolute Gasteiger partial charge is 0.348 e. The lowest BCUT2D eigenvalue weighted by Gasteiger charge is -2.11. The molecule has 0 aliphatic carbocycles. The minimum Gasteiger partial charge on any atom is -0.423 e. The third kappa shape index (κ3) is 4.31. The largest absolute Gasteiger partial charge is 0.423 e. The molecule has 0 radical (unpaired) electrons. The van der Waals surface area contributed by atoms with Crippen LogP contribution >= 0.6 is 0 Å². The average Bonchev–Trinajstić information content (AvgIpc) is 2.56. The highest BCUT2D eigenvalue weighted by atomic mass is 16.4. The van der Waals surface area contributed by atoms with E-state index in [4.69, 9.17) is 4.42 Å². The van der Waals surface area contributed by atoms with Crippen LogP contribution in [-0.2, 0) is 17.8 Å². The van der Waals surface area contributed by atoms with Crippen LogP contribution in [0.5, 0.6) is 0 Å². The molecule has 3 aromatic rings. The molecule has 0 aliphatic rings. The molecule has 0 unspecified atom stereocenters. The maximum absolute atomic E-state index is 12.3. The summed E-state index contributed by atoms with van der Waals surface area (Å²) in [5, 5.41) is 3.53. The number of nitrogens with zero attached hydrogens (tertiary/aromatic N) is 2. The third-order valence-electron chi connectivity index (χ3n) is 4.34. The Morgan fingerprint density at radius 3 is 2.67 bits per heavy atom. The fraction of sp³-hybridized carbons (Fsp3) is 0.300. The summed E-state index contributed by atoms with van der Waals surface area (Å²) in [5.41, 5.74) is 2.71. The molecule has 7 heteroatoms. The van der Waals surface area contributed by atoms with E-state index >= 15 is 0 Å². The van der Waals surface area contributed by atoms with Crippen LogP contribution in [0.2, 0.25) is 0 Å². The summed E-state index contributed by atoms with van der Waals surface area (Å²) in [5.74, 6) is -0.228. The van der Waals surface area contributed by atoms with E-state index in [1.54, 1.807) is 13.0 Å². The van der Waals surface area contributed by atoms with E-state index in [1.165, 1.54) is 10.6 Å². The van der Waals surface area contributed by atoms with Gasteiger partial charge in [0, 0.05) is 35.9 Å². The quantitative estimate of drug-likeness (QED) is 0.692. The van der Waals surface area contributed by atoms with Gasteiger partial charge in [0.05, 0.1) is 6.42 Å². The molecule has 27 heavy (non-hydrogen) atoms. The number of carbonyl (C=O) groups is 1. The molecule has 0 fully saturated rings. The van der Waals surface area contributed by atoms with E-state index in [1.807, 2.05) is 32.0 Å². The fourth-order valence-electron chi connectivity index (χ4n) is 3.07. The maximum Gasteiger partial charge on any atom is 0.348 e. The Morgan fingerprint density at radius 1 is 1.15 bits per heavy atom. The van der Waals surface area contributed by atoms with Gasteiger partial charge in [0.25, 0.3) is 0 Å². The number of hydrogen-bond acceptors (Lipinski definition) is 5. The van der Waals surface area contributed by atoms with Gasteiger partial charge in [0.15, 0.2) is 0 Å². The second-order valence-corrected chi connectivity index (χ2v) is 6.59. The summed E-state index contributed by atoms with van der Waals surface area (Å²) >= 11 is 0. The number of fused-ring (bicyclic) bond motifs is 1. The van der Waals surface area contributed by atoms with Crippen molar-refractivity contribution in [3.8, 4) is 0 Å². The first-order valence-corrected chi connectivity index (χ1v) is 8.68. The second kappa shape index (κ2) is 7.57. The molecule has 0 aliphatic heterocycles. The van der Waals surface area contributed by atoms with Crippen LogP contribution in [0, 0.1) is 20.8 Å². The van der Waals surface area contributed by atoms with Gasteiger partial charge in [-0.15, -0.1) is 0 Å². The van der Waals surface area contributed by atoms with Crippen LogP contribution in [0.1, 0.15) is 22.5 Å². The van der Waals surface area contributed by atoms with Crippen molar-refractivity contribution in [1.29, 1.82) is 0 Å². The van der Waals surface area contributed by atoms with E-state index in [0.29, 0.717) is 29.9 Å². The fourth-order valence-corrected chi connectivity index (χ4v) is 3.07. The molecule has 2 heterocycles. The van der Waals surface area contributed by atoms with Gasteiger partial charge >= 0.3 is 11.3 Å². The molecule has 7 nitrogen and oxygen atoms in total. The van der Waals surface area contributed by atoms with E-state index in [2.05, 4.69) is 10.3 Å². The SMILES string of the molecule is Cc1ccc2c(CC(=O)NCCn3c(C)cc(C)nc3=O)cc(=O)oc2c1. The second-order valence-electron chi connectivity index (χ2n) is 6.59. The predicted molar refractivity (Wildman–Crippen MR) is 102 cm³/mol. The molecule has 140 valence electrons. The summed E-state index contributed by atoms with van der Waals surface area (Å²) in [7, 11) is 0. The molecule has 0 bridgehead atoms. The van der Waals surface area contributed by atoms with Crippen molar-refractivity contribution >= 4 is 16.9 Å². The number of rotatable bonds is 5. The van der Waals surface area contributed by atoms with Crippen molar-refractivity contribution in [3.63, 3.8) is 0 Å². The lowest BCUT2D eigenvalue weighted by molar-refractivity contribution is -0.120. The molecular weight excluding hydrogens is 346 g/mol. The van der Waals surface area contributed by atoms with E-state index in [9.17, 15) is 14.4 Å². The average molecular weight is 367 g/mol. The Kier molecular flexibility index (Phi) is 5.21. The lowest BCUT2D eigenvalue weighted by Crippen LogP contribution is -2.33. The highest BCUT2D eigenvalue weighted by molar-refractivity contribution is 5.87. The summed E-state index contributed by atoms with van der Waals surface area (Å²) in [4.78, 5) is 39.9. The lowest BCUT2D eigenvalue weighted by atomic mass is 10.1. The summed E-state index contributed by atoms with van der Waals surface area (Å²) in [6, 6.07) is 8.69. The van der Waals surface area contributed by atoms with Gasteiger partial charge in [-0.1, -0.05) is 12.1 Å². The highest BCUT2D eigenvalue weighted by Crippen LogP contribution is 2.18. The van der Waals surface area contributed by atoms with E-state index in [-0.39, 0.29) is 18.0 Å². The first-order chi connectivity index (χ1) is 12.8. The first-order valence-electron chi connectivity index (χ1n) is 8.68. The van der Waals surface area contributed by atoms with Crippen LogP contribution < -0.4 is 16.6 Å². The van der Waals surface area contributed by atoms with Crippen LogP contribution in [0.25, 0.3) is 11.0 Å². The third-order valence-corrected chi connectivity index (χ3v) is 4.34. The molecule has 0 spiro atoms. The Morgan fingerprint density at radius 2 is 1.93 bits per heavy atom. The minimum absolute atomic E-state index is 0.0607.